The molecule has 0 spiro atoms. The Hall–Kier alpha value is -1.10. The fourth-order valence-electron chi connectivity index (χ4n) is 2.63. The van der Waals surface area contributed by atoms with Gasteiger partial charge in [0.05, 0.1) is 13.5 Å². The number of amides is 1. The predicted octanol–water partition coefficient (Wildman–Crippen LogP) is 0.879. The maximum Gasteiger partial charge on any atom is 0.307 e. The third-order valence-corrected chi connectivity index (χ3v) is 3.60. The van der Waals surface area contributed by atoms with E-state index in [0.29, 0.717) is 0 Å². The zero-order chi connectivity index (χ0) is 13.9. The van der Waals surface area contributed by atoms with Crippen LogP contribution >= 0.6 is 0 Å². The van der Waals surface area contributed by atoms with Gasteiger partial charge in [-0.15, -0.1) is 0 Å². The maximum atomic E-state index is 12.3. The highest BCUT2D eigenvalue weighted by atomic mass is 16.5. The number of hydrogen-bond acceptors (Lipinski definition) is 4. The molecule has 1 fully saturated rings. The molecule has 0 aromatic carbocycles. The molecule has 1 aliphatic rings. The molecule has 18 heavy (non-hydrogen) atoms. The number of nitrogens with zero attached hydrogens (tertiary/aromatic N) is 2. The number of esters is 1. The van der Waals surface area contributed by atoms with Crippen molar-refractivity contribution in [2.24, 2.45) is 0 Å². The average molecular weight is 256 g/mol. The zero-order valence-corrected chi connectivity index (χ0v) is 12.0. The molecule has 0 aromatic heterocycles. The lowest BCUT2D eigenvalue weighted by Gasteiger charge is -2.36. The molecule has 5 nitrogen and oxygen atoms in total. The normalized spacial score (nSPS) is 26.3. The number of ether oxygens (including phenoxy) is 1. The van der Waals surface area contributed by atoms with Gasteiger partial charge in [0.2, 0.25) is 5.91 Å². The van der Waals surface area contributed by atoms with Crippen molar-refractivity contribution in [1.29, 1.82) is 0 Å². The van der Waals surface area contributed by atoms with Crippen LogP contribution in [-0.4, -0.2) is 60.5 Å². The second kappa shape index (κ2) is 6.18. The zero-order valence-electron chi connectivity index (χ0n) is 12.0. The molecule has 0 bridgehead atoms. The highest BCUT2D eigenvalue weighted by molar-refractivity contribution is 5.86. The van der Waals surface area contributed by atoms with Crippen molar-refractivity contribution in [2.75, 3.05) is 20.7 Å². The second-order valence-electron chi connectivity index (χ2n) is 5.23. The van der Waals surface area contributed by atoms with Gasteiger partial charge < -0.3 is 9.64 Å². The third-order valence-electron chi connectivity index (χ3n) is 3.60. The molecule has 2 atom stereocenters. The van der Waals surface area contributed by atoms with Crippen molar-refractivity contribution in [3.05, 3.63) is 0 Å². The largest absolute Gasteiger partial charge is 0.469 e. The van der Waals surface area contributed by atoms with E-state index < -0.39 is 6.04 Å². The summed E-state index contributed by atoms with van der Waals surface area (Å²) in [6, 6.07) is 0.110. The maximum absolute atomic E-state index is 12.3. The van der Waals surface area contributed by atoms with Crippen molar-refractivity contribution in [3.8, 4) is 0 Å². The van der Waals surface area contributed by atoms with Crippen LogP contribution in [0.4, 0.5) is 0 Å². The Bertz CT molecular complexity index is 317. The topological polar surface area (TPSA) is 49.9 Å². The Balaban J connectivity index is 2.99. The molecule has 0 radical (unpaired) electrons. The summed E-state index contributed by atoms with van der Waals surface area (Å²) in [7, 11) is 3.15. The molecule has 0 N–H and O–H groups in total. The number of hydrogen-bond donors (Lipinski definition) is 0. The smallest absolute Gasteiger partial charge is 0.307 e. The van der Waals surface area contributed by atoms with Crippen molar-refractivity contribution in [1.82, 2.24) is 9.80 Å². The standard InChI is InChI=1S/C13H24N2O3/c1-9(2)15-10(3)6-7-14(4)13(17)11(15)8-12(16)18-5/h9-11H,6-8H2,1-5H3. The Morgan fingerprint density at radius 2 is 2.11 bits per heavy atom. The number of rotatable bonds is 3. The first-order valence-electron chi connectivity index (χ1n) is 6.47. The summed E-state index contributed by atoms with van der Waals surface area (Å²) in [5.41, 5.74) is 0. The first-order chi connectivity index (χ1) is 8.38. The molecule has 1 heterocycles. The van der Waals surface area contributed by atoms with Crippen LogP contribution in [-0.2, 0) is 14.3 Å². The fraction of sp³-hybridized carbons (Fsp3) is 0.846. The number of carbonyl (C=O) groups is 2. The van der Waals surface area contributed by atoms with E-state index in [2.05, 4.69) is 25.7 Å². The van der Waals surface area contributed by atoms with E-state index in [4.69, 9.17) is 4.74 Å². The Morgan fingerprint density at radius 3 is 2.61 bits per heavy atom. The minimum atomic E-state index is -0.403. The predicted molar refractivity (Wildman–Crippen MR) is 69.1 cm³/mol. The van der Waals surface area contributed by atoms with Crippen LogP contribution in [0.25, 0.3) is 0 Å². The lowest BCUT2D eigenvalue weighted by atomic mass is 10.1. The van der Waals surface area contributed by atoms with Gasteiger partial charge in [-0.2, -0.15) is 0 Å². The Labute approximate surface area is 109 Å². The van der Waals surface area contributed by atoms with E-state index in [1.54, 1.807) is 11.9 Å². The van der Waals surface area contributed by atoms with E-state index in [9.17, 15) is 9.59 Å². The lowest BCUT2D eigenvalue weighted by molar-refractivity contribution is -0.147. The minimum absolute atomic E-state index is 0.0125. The van der Waals surface area contributed by atoms with E-state index >= 15 is 0 Å². The van der Waals surface area contributed by atoms with Gasteiger partial charge in [0, 0.05) is 25.7 Å². The summed E-state index contributed by atoms with van der Waals surface area (Å²) in [5.74, 6) is -0.319. The average Bonchev–Trinajstić information content (AvgIpc) is 2.41. The molecular formula is C13H24N2O3. The molecule has 1 aliphatic heterocycles. The number of methoxy groups -OCH3 is 1. The molecular weight excluding hydrogens is 232 g/mol. The second-order valence-corrected chi connectivity index (χ2v) is 5.23. The van der Waals surface area contributed by atoms with Gasteiger partial charge in [0.15, 0.2) is 0 Å². The monoisotopic (exact) mass is 256 g/mol. The van der Waals surface area contributed by atoms with Gasteiger partial charge in [-0.05, 0) is 27.2 Å². The highest BCUT2D eigenvalue weighted by Gasteiger charge is 2.37. The fourth-order valence-corrected chi connectivity index (χ4v) is 2.63. The first kappa shape index (κ1) is 15.0. The molecule has 1 amide bonds. The van der Waals surface area contributed by atoms with Crippen molar-refractivity contribution in [3.63, 3.8) is 0 Å². The van der Waals surface area contributed by atoms with E-state index in [1.807, 2.05) is 0 Å². The minimum Gasteiger partial charge on any atom is -0.469 e. The lowest BCUT2D eigenvalue weighted by Crippen LogP contribution is -2.51. The highest BCUT2D eigenvalue weighted by Crippen LogP contribution is 2.22. The quantitative estimate of drug-likeness (QED) is 0.703. The van der Waals surface area contributed by atoms with Crippen LogP contribution in [0.5, 0.6) is 0 Å². The molecule has 1 saturated heterocycles. The van der Waals surface area contributed by atoms with Crippen molar-refractivity contribution in [2.45, 2.75) is 51.7 Å². The van der Waals surface area contributed by atoms with Gasteiger partial charge in [-0.1, -0.05) is 0 Å². The van der Waals surface area contributed by atoms with Crippen LogP contribution in [0.3, 0.4) is 0 Å². The van der Waals surface area contributed by atoms with Gasteiger partial charge in [-0.25, -0.2) is 0 Å². The molecule has 0 aromatic rings. The summed E-state index contributed by atoms with van der Waals surface area (Å²) in [6.07, 6.45) is 1.06. The Morgan fingerprint density at radius 1 is 1.50 bits per heavy atom. The van der Waals surface area contributed by atoms with Gasteiger partial charge in [0.25, 0.3) is 0 Å². The van der Waals surface area contributed by atoms with E-state index in [0.717, 1.165) is 13.0 Å². The molecule has 104 valence electrons. The van der Waals surface area contributed by atoms with Gasteiger partial charge in [-0.3, -0.25) is 14.5 Å². The van der Waals surface area contributed by atoms with Crippen LogP contribution in [0.2, 0.25) is 0 Å². The van der Waals surface area contributed by atoms with Crippen LogP contribution in [0.15, 0.2) is 0 Å². The summed E-state index contributed by atoms with van der Waals surface area (Å²) < 4.78 is 4.70. The number of carbonyl (C=O) groups excluding carboxylic acids is 2. The molecule has 0 aliphatic carbocycles. The summed E-state index contributed by atoms with van der Waals surface area (Å²) >= 11 is 0. The molecule has 2 unspecified atom stereocenters. The van der Waals surface area contributed by atoms with E-state index in [1.165, 1.54) is 7.11 Å². The first-order valence-corrected chi connectivity index (χ1v) is 6.47. The van der Waals surface area contributed by atoms with Crippen molar-refractivity contribution < 1.29 is 14.3 Å². The molecule has 1 rings (SSSR count). The van der Waals surface area contributed by atoms with Crippen molar-refractivity contribution >= 4 is 11.9 Å². The van der Waals surface area contributed by atoms with Crippen LogP contribution in [0.1, 0.15) is 33.6 Å². The summed E-state index contributed by atoms with van der Waals surface area (Å²) in [4.78, 5) is 27.7. The van der Waals surface area contributed by atoms with Crippen LogP contribution in [0, 0.1) is 0 Å². The Kier molecular flexibility index (Phi) is 5.14. The van der Waals surface area contributed by atoms with Crippen LogP contribution < -0.4 is 0 Å². The summed E-state index contributed by atoms with van der Waals surface area (Å²) in [5, 5.41) is 0. The third kappa shape index (κ3) is 3.22. The molecule has 0 saturated carbocycles. The van der Waals surface area contributed by atoms with Gasteiger partial charge in [0.1, 0.15) is 6.04 Å². The van der Waals surface area contributed by atoms with Gasteiger partial charge >= 0.3 is 5.97 Å². The van der Waals surface area contributed by atoms with E-state index in [-0.39, 0.29) is 30.4 Å². The number of likely N-dealkylation sites (N-methyl/N-ethyl adjacent to an activating group) is 1. The SMILES string of the molecule is COC(=O)CC1C(=O)N(C)CCC(C)N1C(C)C. The summed E-state index contributed by atoms with van der Waals surface area (Å²) in [6.45, 7) is 6.95. The molecule has 5 heteroatoms.